The summed E-state index contributed by atoms with van der Waals surface area (Å²) in [5.74, 6) is 0.224. The number of carbonyl (C=O) groups excluding carboxylic acids is 1. The van der Waals surface area contributed by atoms with Gasteiger partial charge >= 0.3 is 0 Å². The topological polar surface area (TPSA) is 79.0 Å². The molecule has 2 aromatic carbocycles. The van der Waals surface area contributed by atoms with Gasteiger partial charge in [-0.1, -0.05) is 13.0 Å². The molecule has 1 N–H and O–H groups in total. The van der Waals surface area contributed by atoms with Gasteiger partial charge in [-0.2, -0.15) is 4.31 Å². The fourth-order valence-corrected chi connectivity index (χ4v) is 5.65. The van der Waals surface area contributed by atoms with Gasteiger partial charge in [0.1, 0.15) is 0 Å². The molecule has 0 unspecified atom stereocenters. The van der Waals surface area contributed by atoms with Crippen molar-refractivity contribution in [3.63, 3.8) is 0 Å². The van der Waals surface area contributed by atoms with Crippen LogP contribution in [0.2, 0.25) is 0 Å². The number of carbonyl (C=O) groups is 1. The van der Waals surface area contributed by atoms with Crippen LogP contribution in [-0.4, -0.2) is 58.0 Å². The summed E-state index contributed by atoms with van der Waals surface area (Å²) in [4.78, 5) is 15.4. The molecule has 8 heteroatoms. The van der Waals surface area contributed by atoms with Crippen LogP contribution < -0.4 is 10.2 Å². The lowest BCUT2D eigenvalue weighted by molar-refractivity contribution is 0.102. The second-order valence-electron chi connectivity index (χ2n) is 8.66. The number of morpholine rings is 1. The predicted octanol–water partition coefficient (Wildman–Crippen LogP) is 3.50. The van der Waals surface area contributed by atoms with Crippen LogP contribution in [0.15, 0.2) is 47.4 Å². The molecule has 7 nitrogen and oxygen atoms in total. The quantitative estimate of drug-likeness (QED) is 0.743. The summed E-state index contributed by atoms with van der Waals surface area (Å²) in [5, 5.41) is 2.90. The van der Waals surface area contributed by atoms with E-state index in [2.05, 4.69) is 17.1 Å². The fraction of sp³-hybridized carbons (Fsp3) is 0.458. The van der Waals surface area contributed by atoms with E-state index in [1.807, 2.05) is 31.2 Å². The highest BCUT2D eigenvalue weighted by Crippen LogP contribution is 2.26. The third kappa shape index (κ3) is 4.98. The van der Waals surface area contributed by atoms with Crippen LogP contribution in [0.4, 0.5) is 11.4 Å². The minimum Gasteiger partial charge on any atom is -0.378 e. The summed E-state index contributed by atoms with van der Waals surface area (Å²) < 4.78 is 33.1. The standard InChI is InChI=1S/C24H31N3O4S/c1-18-9-11-27(12-10-18)32(29,30)22-8-3-19(2)23(17-22)24(28)25-20-4-6-21(7-5-20)26-13-15-31-16-14-26/h3-8,17-18H,9-16H2,1-2H3,(H,25,28). The number of aryl methyl sites for hydroxylation is 1. The maximum atomic E-state index is 13.1. The zero-order valence-corrected chi connectivity index (χ0v) is 19.5. The molecule has 4 rings (SSSR count). The molecule has 2 aliphatic rings. The number of hydrogen-bond donors (Lipinski definition) is 1. The lowest BCUT2D eigenvalue weighted by atomic mass is 10.0. The fourth-order valence-electron chi connectivity index (χ4n) is 4.16. The van der Waals surface area contributed by atoms with Gasteiger partial charge in [0.2, 0.25) is 10.0 Å². The van der Waals surface area contributed by atoms with Crippen LogP contribution in [0.25, 0.3) is 0 Å². The molecule has 2 heterocycles. The molecule has 0 bridgehead atoms. The van der Waals surface area contributed by atoms with Crippen molar-refractivity contribution < 1.29 is 17.9 Å². The minimum absolute atomic E-state index is 0.172. The Bertz CT molecular complexity index is 1060. The van der Waals surface area contributed by atoms with Gasteiger partial charge in [0.25, 0.3) is 5.91 Å². The number of rotatable bonds is 5. The Morgan fingerprint density at radius 3 is 2.31 bits per heavy atom. The van der Waals surface area contributed by atoms with E-state index in [-0.39, 0.29) is 10.8 Å². The van der Waals surface area contributed by atoms with Gasteiger partial charge in [0, 0.05) is 43.1 Å². The van der Waals surface area contributed by atoms with E-state index in [1.165, 1.54) is 10.4 Å². The first-order chi connectivity index (χ1) is 15.3. The van der Waals surface area contributed by atoms with Crippen molar-refractivity contribution in [2.75, 3.05) is 49.6 Å². The Hall–Kier alpha value is -2.42. The normalized spacial score (nSPS) is 18.5. The first-order valence-corrected chi connectivity index (χ1v) is 12.6. The molecule has 0 atom stereocenters. The van der Waals surface area contributed by atoms with E-state index in [0.29, 0.717) is 43.5 Å². The molecular formula is C24H31N3O4S. The lowest BCUT2D eigenvalue weighted by Gasteiger charge is -2.29. The van der Waals surface area contributed by atoms with Crippen LogP contribution in [0.3, 0.4) is 0 Å². The Labute approximate surface area is 190 Å². The molecule has 1 amide bonds. The average molecular weight is 458 g/mol. The monoisotopic (exact) mass is 457 g/mol. The number of nitrogens with zero attached hydrogens (tertiary/aromatic N) is 2. The first-order valence-electron chi connectivity index (χ1n) is 11.2. The lowest BCUT2D eigenvalue weighted by Crippen LogP contribution is -2.38. The van der Waals surface area contributed by atoms with Crippen LogP contribution in [-0.2, 0) is 14.8 Å². The number of hydrogen-bond acceptors (Lipinski definition) is 5. The Morgan fingerprint density at radius 2 is 1.66 bits per heavy atom. The maximum absolute atomic E-state index is 13.1. The van der Waals surface area contributed by atoms with E-state index >= 15 is 0 Å². The van der Waals surface area contributed by atoms with Crippen molar-refractivity contribution in [3.8, 4) is 0 Å². The molecule has 0 radical (unpaired) electrons. The number of piperidine rings is 1. The third-order valence-corrected chi connectivity index (χ3v) is 8.23. The summed E-state index contributed by atoms with van der Waals surface area (Å²) in [5.41, 5.74) is 2.86. The highest BCUT2D eigenvalue weighted by atomic mass is 32.2. The van der Waals surface area contributed by atoms with Gasteiger partial charge in [0.05, 0.1) is 18.1 Å². The van der Waals surface area contributed by atoms with Gasteiger partial charge in [-0.3, -0.25) is 4.79 Å². The molecule has 0 spiro atoms. The number of amides is 1. The van der Waals surface area contributed by atoms with E-state index in [1.54, 1.807) is 12.1 Å². The molecule has 2 fully saturated rings. The molecule has 0 aromatic heterocycles. The highest BCUT2D eigenvalue weighted by Gasteiger charge is 2.29. The highest BCUT2D eigenvalue weighted by molar-refractivity contribution is 7.89. The summed E-state index contributed by atoms with van der Waals surface area (Å²) in [6, 6.07) is 12.5. The van der Waals surface area contributed by atoms with Crippen molar-refractivity contribution in [2.45, 2.75) is 31.6 Å². The van der Waals surface area contributed by atoms with Gasteiger partial charge in [0.15, 0.2) is 0 Å². The van der Waals surface area contributed by atoms with Gasteiger partial charge in [-0.15, -0.1) is 0 Å². The van der Waals surface area contributed by atoms with Crippen LogP contribution in [0.1, 0.15) is 35.7 Å². The summed E-state index contributed by atoms with van der Waals surface area (Å²) in [6.45, 7) is 8.13. The molecule has 172 valence electrons. The molecule has 2 aromatic rings. The summed E-state index contributed by atoms with van der Waals surface area (Å²) in [7, 11) is -3.61. The van der Waals surface area contributed by atoms with E-state index in [9.17, 15) is 13.2 Å². The van der Waals surface area contributed by atoms with Crippen molar-refractivity contribution in [1.82, 2.24) is 4.31 Å². The zero-order chi connectivity index (χ0) is 22.7. The maximum Gasteiger partial charge on any atom is 0.255 e. The van der Waals surface area contributed by atoms with E-state index in [0.717, 1.165) is 37.2 Å². The van der Waals surface area contributed by atoms with Crippen molar-refractivity contribution in [1.29, 1.82) is 0 Å². The number of anilines is 2. The number of ether oxygens (including phenoxy) is 1. The number of nitrogens with one attached hydrogen (secondary N) is 1. The molecule has 0 saturated carbocycles. The van der Waals surface area contributed by atoms with Crippen LogP contribution in [0, 0.1) is 12.8 Å². The van der Waals surface area contributed by atoms with Crippen LogP contribution in [0.5, 0.6) is 0 Å². The van der Waals surface area contributed by atoms with Crippen LogP contribution >= 0.6 is 0 Å². The van der Waals surface area contributed by atoms with Crippen molar-refractivity contribution in [3.05, 3.63) is 53.6 Å². The van der Waals surface area contributed by atoms with Gasteiger partial charge < -0.3 is 15.0 Å². The van der Waals surface area contributed by atoms with Gasteiger partial charge in [-0.05, 0) is 67.6 Å². The Morgan fingerprint density at radius 1 is 1.00 bits per heavy atom. The number of benzene rings is 2. The molecule has 0 aliphatic carbocycles. The molecule has 32 heavy (non-hydrogen) atoms. The molecule has 2 aliphatic heterocycles. The molecule has 2 saturated heterocycles. The van der Waals surface area contributed by atoms with E-state index in [4.69, 9.17) is 4.74 Å². The minimum atomic E-state index is -3.61. The zero-order valence-electron chi connectivity index (χ0n) is 18.7. The van der Waals surface area contributed by atoms with Crippen molar-refractivity contribution in [2.24, 2.45) is 5.92 Å². The third-order valence-electron chi connectivity index (χ3n) is 6.34. The van der Waals surface area contributed by atoms with Crippen molar-refractivity contribution >= 4 is 27.3 Å². The largest absolute Gasteiger partial charge is 0.378 e. The van der Waals surface area contributed by atoms with Gasteiger partial charge in [-0.25, -0.2) is 8.42 Å². The second kappa shape index (κ2) is 9.60. The summed E-state index contributed by atoms with van der Waals surface area (Å²) in [6.07, 6.45) is 1.72. The predicted molar refractivity (Wildman–Crippen MR) is 126 cm³/mol. The smallest absolute Gasteiger partial charge is 0.255 e. The average Bonchev–Trinajstić information content (AvgIpc) is 2.80. The SMILES string of the molecule is Cc1ccc(S(=O)(=O)N2CCC(C)CC2)cc1C(=O)Nc1ccc(N2CCOCC2)cc1. The number of sulfonamides is 1. The Balaban J connectivity index is 1.49. The Kier molecular flexibility index (Phi) is 6.83. The summed E-state index contributed by atoms with van der Waals surface area (Å²) >= 11 is 0. The van der Waals surface area contributed by atoms with E-state index < -0.39 is 10.0 Å². The first kappa shape index (κ1) is 22.8. The second-order valence-corrected chi connectivity index (χ2v) is 10.6. The molecular weight excluding hydrogens is 426 g/mol.